The van der Waals surface area contributed by atoms with Crippen molar-refractivity contribution in [1.82, 2.24) is 5.32 Å². The first-order chi connectivity index (χ1) is 8.41. The van der Waals surface area contributed by atoms with Crippen LogP contribution in [0.15, 0.2) is 17.0 Å². The Kier molecular flexibility index (Phi) is 3.59. The van der Waals surface area contributed by atoms with E-state index in [0.717, 1.165) is 32.1 Å². The fourth-order valence-corrected chi connectivity index (χ4v) is 3.19. The van der Waals surface area contributed by atoms with Crippen molar-refractivity contribution in [2.45, 2.75) is 30.2 Å². The number of hydrogen-bond donors (Lipinski definition) is 2. The summed E-state index contributed by atoms with van der Waals surface area (Å²) in [6.45, 7) is 0.791. The largest absolute Gasteiger partial charge is 0.506 e. The first kappa shape index (κ1) is 13.3. The Morgan fingerprint density at radius 2 is 2.11 bits per heavy atom. The standard InChI is InChI=1S/C12H16FNO3S/c1-18(16,17)12-10(15)6-5-8(11(12)13)9-4-2-3-7-14-9/h5-6,9,14-15H,2-4,7H2,1H3. The van der Waals surface area contributed by atoms with Crippen LogP contribution >= 0.6 is 0 Å². The molecule has 0 amide bonds. The predicted octanol–water partition coefficient (Wildman–Crippen LogP) is 1.75. The number of hydrogen-bond acceptors (Lipinski definition) is 4. The normalized spacial score (nSPS) is 20.9. The summed E-state index contributed by atoms with van der Waals surface area (Å²) in [7, 11) is -3.78. The topological polar surface area (TPSA) is 66.4 Å². The molecule has 1 unspecified atom stereocenters. The molecule has 0 aromatic heterocycles. The van der Waals surface area contributed by atoms with Gasteiger partial charge in [0.2, 0.25) is 0 Å². The van der Waals surface area contributed by atoms with Gasteiger partial charge < -0.3 is 10.4 Å². The monoisotopic (exact) mass is 273 g/mol. The minimum absolute atomic E-state index is 0.181. The molecular weight excluding hydrogens is 257 g/mol. The molecule has 1 saturated heterocycles. The lowest BCUT2D eigenvalue weighted by Crippen LogP contribution is -2.27. The van der Waals surface area contributed by atoms with Gasteiger partial charge in [-0.15, -0.1) is 0 Å². The Labute approximate surface area is 106 Å². The lowest BCUT2D eigenvalue weighted by molar-refractivity contribution is 0.390. The summed E-state index contributed by atoms with van der Waals surface area (Å²) in [6.07, 6.45) is 3.68. The van der Waals surface area contributed by atoms with Gasteiger partial charge in [-0.3, -0.25) is 0 Å². The second kappa shape index (κ2) is 4.85. The predicted molar refractivity (Wildman–Crippen MR) is 65.8 cm³/mol. The Morgan fingerprint density at radius 3 is 2.67 bits per heavy atom. The number of piperidine rings is 1. The summed E-state index contributed by atoms with van der Waals surface area (Å²) >= 11 is 0. The maximum absolute atomic E-state index is 14.2. The highest BCUT2D eigenvalue weighted by molar-refractivity contribution is 7.90. The van der Waals surface area contributed by atoms with Gasteiger partial charge in [-0.25, -0.2) is 12.8 Å². The third kappa shape index (κ3) is 2.49. The first-order valence-electron chi connectivity index (χ1n) is 5.86. The van der Waals surface area contributed by atoms with Crippen molar-refractivity contribution in [3.63, 3.8) is 0 Å². The van der Waals surface area contributed by atoms with Gasteiger partial charge in [0.1, 0.15) is 16.5 Å². The highest BCUT2D eigenvalue weighted by Crippen LogP contribution is 2.33. The summed E-state index contributed by atoms with van der Waals surface area (Å²) in [4.78, 5) is -0.604. The van der Waals surface area contributed by atoms with Gasteiger partial charge in [0.25, 0.3) is 0 Å². The fourth-order valence-electron chi connectivity index (χ4n) is 2.30. The van der Waals surface area contributed by atoms with Gasteiger partial charge in [0.05, 0.1) is 0 Å². The van der Waals surface area contributed by atoms with Crippen LogP contribution in [0.2, 0.25) is 0 Å². The molecule has 1 aromatic rings. The van der Waals surface area contributed by atoms with Crippen molar-refractivity contribution in [3.05, 3.63) is 23.5 Å². The minimum atomic E-state index is -3.78. The maximum Gasteiger partial charge on any atom is 0.182 e. The summed E-state index contributed by atoms with van der Waals surface area (Å²) in [5, 5.41) is 12.7. The molecule has 0 aliphatic carbocycles. The van der Waals surface area contributed by atoms with E-state index in [-0.39, 0.29) is 6.04 Å². The van der Waals surface area contributed by atoms with Crippen LogP contribution in [0.25, 0.3) is 0 Å². The number of halogens is 1. The Bertz CT molecular complexity index is 551. The molecule has 1 atom stereocenters. The summed E-state index contributed by atoms with van der Waals surface area (Å²) in [5.41, 5.74) is 0.313. The van der Waals surface area contributed by atoms with Crippen LogP contribution in [0.3, 0.4) is 0 Å². The number of aromatic hydroxyl groups is 1. The number of benzene rings is 1. The van der Waals surface area contributed by atoms with E-state index >= 15 is 0 Å². The lowest BCUT2D eigenvalue weighted by Gasteiger charge is -2.24. The molecule has 6 heteroatoms. The van der Waals surface area contributed by atoms with E-state index in [1.807, 2.05) is 0 Å². The molecule has 1 aliphatic heterocycles. The van der Waals surface area contributed by atoms with Crippen LogP contribution in [0.1, 0.15) is 30.9 Å². The van der Waals surface area contributed by atoms with E-state index in [4.69, 9.17) is 0 Å². The summed E-state index contributed by atoms with van der Waals surface area (Å²) in [6, 6.07) is 2.51. The zero-order valence-electron chi connectivity index (χ0n) is 10.1. The van der Waals surface area contributed by atoms with E-state index in [0.29, 0.717) is 5.56 Å². The number of phenolic OH excluding ortho intramolecular Hbond substituents is 1. The molecule has 1 aromatic carbocycles. The number of nitrogens with one attached hydrogen (secondary N) is 1. The van der Waals surface area contributed by atoms with Crippen molar-refractivity contribution >= 4 is 9.84 Å². The van der Waals surface area contributed by atoms with E-state index < -0.39 is 26.3 Å². The molecule has 2 rings (SSSR count). The van der Waals surface area contributed by atoms with Crippen LogP contribution in [-0.4, -0.2) is 26.3 Å². The molecule has 1 heterocycles. The molecular formula is C12H16FNO3S. The highest BCUT2D eigenvalue weighted by atomic mass is 32.2. The quantitative estimate of drug-likeness (QED) is 0.861. The van der Waals surface area contributed by atoms with Crippen LogP contribution in [0.4, 0.5) is 4.39 Å². The molecule has 0 spiro atoms. The van der Waals surface area contributed by atoms with Crippen LogP contribution < -0.4 is 5.32 Å². The SMILES string of the molecule is CS(=O)(=O)c1c(O)ccc(C2CCCCN2)c1F. The van der Waals surface area contributed by atoms with Crippen molar-refractivity contribution in [2.24, 2.45) is 0 Å². The zero-order chi connectivity index (χ0) is 13.3. The Balaban J connectivity index is 2.50. The van der Waals surface area contributed by atoms with Crippen molar-refractivity contribution in [3.8, 4) is 5.75 Å². The van der Waals surface area contributed by atoms with Crippen molar-refractivity contribution in [1.29, 1.82) is 0 Å². The van der Waals surface area contributed by atoms with Gasteiger partial charge in [0, 0.05) is 17.9 Å². The van der Waals surface area contributed by atoms with Gasteiger partial charge in [0.15, 0.2) is 9.84 Å². The van der Waals surface area contributed by atoms with E-state index in [2.05, 4.69) is 5.32 Å². The molecule has 0 bridgehead atoms. The minimum Gasteiger partial charge on any atom is -0.506 e. The molecule has 0 saturated carbocycles. The number of rotatable bonds is 2. The van der Waals surface area contributed by atoms with E-state index in [1.54, 1.807) is 0 Å². The maximum atomic E-state index is 14.2. The van der Waals surface area contributed by atoms with Crippen molar-refractivity contribution < 1.29 is 17.9 Å². The Morgan fingerprint density at radius 1 is 1.39 bits per heavy atom. The third-order valence-corrected chi connectivity index (χ3v) is 4.29. The average molecular weight is 273 g/mol. The van der Waals surface area contributed by atoms with Crippen LogP contribution in [0, 0.1) is 5.82 Å². The van der Waals surface area contributed by atoms with Gasteiger partial charge in [-0.05, 0) is 25.5 Å². The zero-order valence-corrected chi connectivity index (χ0v) is 10.9. The van der Waals surface area contributed by atoms with Gasteiger partial charge >= 0.3 is 0 Å². The molecule has 100 valence electrons. The van der Waals surface area contributed by atoms with Gasteiger partial charge in [-0.2, -0.15) is 0 Å². The first-order valence-corrected chi connectivity index (χ1v) is 7.75. The van der Waals surface area contributed by atoms with E-state index in [1.165, 1.54) is 12.1 Å². The molecule has 1 fully saturated rings. The molecule has 0 radical (unpaired) electrons. The second-order valence-corrected chi connectivity index (χ2v) is 6.54. The smallest absolute Gasteiger partial charge is 0.182 e. The number of sulfone groups is 1. The Hall–Kier alpha value is -1.14. The summed E-state index contributed by atoms with van der Waals surface area (Å²) < 4.78 is 37.2. The molecule has 2 N–H and O–H groups in total. The van der Waals surface area contributed by atoms with E-state index in [9.17, 15) is 17.9 Å². The molecule has 18 heavy (non-hydrogen) atoms. The lowest BCUT2D eigenvalue weighted by atomic mass is 9.97. The van der Waals surface area contributed by atoms with Crippen LogP contribution in [-0.2, 0) is 9.84 Å². The van der Waals surface area contributed by atoms with Crippen LogP contribution in [0.5, 0.6) is 5.75 Å². The number of phenols is 1. The molecule has 4 nitrogen and oxygen atoms in total. The average Bonchev–Trinajstić information content (AvgIpc) is 2.28. The molecule has 1 aliphatic rings. The summed E-state index contributed by atoms with van der Waals surface area (Å²) in [5.74, 6) is -1.37. The van der Waals surface area contributed by atoms with Crippen molar-refractivity contribution in [2.75, 3.05) is 12.8 Å². The second-order valence-electron chi connectivity index (χ2n) is 4.59. The van der Waals surface area contributed by atoms with Gasteiger partial charge in [-0.1, -0.05) is 12.5 Å². The highest BCUT2D eigenvalue weighted by Gasteiger charge is 2.26. The third-order valence-electron chi connectivity index (χ3n) is 3.16. The fraction of sp³-hybridized carbons (Fsp3) is 0.500.